The lowest BCUT2D eigenvalue weighted by atomic mass is 10.1. The van der Waals surface area contributed by atoms with Gasteiger partial charge in [-0.2, -0.15) is 4.31 Å². The van der Waals surface area contributed by atoms with E-state index in [1.807, 2.05) is 18.2 Å². The van der Waals surface area contributed by atoms with Gasteiger partial charge in [0.25, 0.3) is 0 Å². The Morgan fingerprint density at radius 2 is 1.96 bits per heavy atom. The molecule has 0 spiro atoms. The highest BCUT2D eigenvalue weighted by molar-refractivity contribution is 7.89. The number of hydrogen-bond acceptors (Lipinski definition) is 6. The minimum Gasteiger partial charge on any atom is -0.341 e. The third-order valence-electron chi connectivity index (χ3n) is 4.40. The predicted molar refractivity (Wildman–Crippen MR) is 97.6 cm³/mol. The van der Waals surface area contributed by atoms with Gasteiger partial charge in [0, 0.05) is 38.1 Å². The highest BCUT2D eigenvalue weighted by atomic mass is 32.2. The SMILES string of the molecule is CCS(=O)(=O)N(C)Cc1nc(N2CCCC2)ncc1-c1ccccn1. The van der Waals surface area contributed by atoms with Crippen LogP contribution in [0, 0.1) is 0 Å². The monoisotopic (exact) mass is 361 g/mol. The van der Waals surface area contributed by atoms with Crippen LogP contribution in [0.25, 0.3) is 11.3 Å². The van der Waals surface area contributed by atoms with Gasteiger partial charge >= 0.3 is 0 Å². The lowest BCUT2D eigenvalue weighted by Gasteiger charge is -2.20. The molecule has 3 heterocycles. The molecule has 1 aliphatic heterocycles. The van der Waals surface area contributed by atoms with E-state index >= 15 is 0 Å². The third kappa shape index (κ3) is 3.96. The van der Waals surface area contributed by atoms with Crippen LogP contribution in [0.3, 0.4) is 0 Å². The van der Waals surface area contributed by atoms with Crippen molar-refractivity contribution in [2.75, 3.05) is 30.8 Å². The number of pyridine rings is 1. The summed E-state index contributed by atoms with van der Waals surface area (Å²) in [5, 5.41) is 0. The first-order valence-electron chi connectivity index (χ1n) is 8.47. The van der Waals surface area contributed by atoms with E-state index in [4.69, 9.17) is 0 Å². The van der Waals surface area contributed by atoms with Crippen LogP contribution in [0.5, 0.6) is 0 Å². The van der Waals surface area contributed by atoms with Crippen LogP contribution >= 0.6 is 0 Å². The fourth-order valence-electron chi connectivity index (χ4n) is 2.86. The maximum absolute atomic E-state index is 12.1. The summed E-state index contributed by atoms with van der Waals surface area (Å²) in [6, 6.07) is 5.62. The summed E-state index contributed by atoms with van der Waals surface area (Å²) in [6.07, 6.45) is 5.72. The third-order valence-corrected chi connectivity index (χ3v) is 6.21. The van der Waals surface area contributed by atoms with Gasteiger partial charge < -0.3 is 4.90 Å². The number of nitrogens with zero attached hydrogens (tertiary/aromatic N) is 5. The first-order chi connectivity index (χ1) is 12.0. The van der Waals surface area contributed by atoms with Crippen molar-refractivity contribution in [1.29, 1.82) is 0 Å². The molecule has 2 aromatic rings. The van der Waals surface area contributed by atoms with Gasteiger partial charge in [-0.25, -0.2) is 18.4 Å². The van der Waals surface area contributed by atoms with E-state index in [1.165, 1.54) is 4.31 Å². The van der Waals surface area contributed by atoms with Gasteiger partial charge in [-0.15, -0.1) is 0 Å². The summed E-state index contributed by atoms with van der Waals surface area (Å²) < 4.78 is 25.6. The average Bonchev–Trinajstić information content (AvgIpc) is 3.17. The largest absolute Gasteiger partial charge is 0.341 e. The van der Waals surface area contributed by atoms with Gasteiger partial charge in [0.15, 0.2) is 0 Å². The van der Waals surface area contributed by atoms with Gasteiger partial charge in [0.2, 0.25) is 16.0 Å². The van der Waals surface area contributed by atoms with Crippen LogP contribution in [0.15, 0.2) is 30.6 Å². The van der Waals surface area contributed by atoms with Crippen LogP contribution in [-0.2, 0) is 16.6 Å². The molecule has 134 valence electrons. The number of sulfonamides is 1. The summed E-state index contributed by atoms with van der Waals surface area (Å²) in [5.74, 6) is 0.724. The number of anilines is 1. The Bertz CT molecular complexity index is 820. The Balaban J connectivity index is 2.00. The molecule has 0 atom stereocenters. The summed E-state index contributed by atoms with van der Waals surface area (Å²) in [5.41, 5.74) is 2.18. The van der Waals surface area contributed by atoms with Crippen molar-refractivity contribution >= 4 is 16.0 Å². The van der Waals surface area contributed by atoms with E-state index in [0.717, 1.165) is 37.2 Å². The topological polar surface area (TPSA) is 79.3 Å². The van der Waals surface area contributed by atoms with Crippen LogP contribution in [-0.4, -0.2) is 53.6 Å². The van der Waals surface area contributed by atoms with Crippen LogP contribution < -0.4 is 4.90 Å². The van der Waals surface area contributed by atoms with E-state index in [9.17, 15) is 8.42 Å². The zero-order valence-corrected chi connectivity index (χ0v) is 15.4. The van der Waals surface area contributed by atoms with Gasteiger partial charge in [-0.1, -0.05) is 6.07 Å². The van der Waals surface area contributed by atoms with E-state index in [2.05, 4.69) is 19.9 Å². The molecule has 0 saturated carbocycles. The summed E-state index contributed by atoms with van der Waals surface area (Å²) in [6.45, 7) is 3.71. The zero-order valence-electron chi connectivity index (χ0n) is 14.6. The lowest BCUT2D eigenvalue weighted by molar-refractivity contribution is 0.463. The molecule has 25 heavy (non-hydrogen) atoms. The maximum Gasteiger partial charge on any atom is 0.225 e. The molecule has 0 radical (unpaired) electrons. The quantitative estimate of drug-likeness (QED) is 0.782. The van der Waals surface area contributed by atoms with Crippen LogP contribution in [0.1, 0.15) is 25.5 Å². The Morgan fingerprint density at radius 3 is 2.60 bits per heavy atom. The standard InChI is InChI=1S/C17H23N5O2S/c1-3-25(23,24)21(2)13-16-14(15-8-4-5-9-18-15)12-19-17(20-16)22-10-6-7-11-22/h4-5,8-9,12H,3,6-7,10-11,13H2,1-2H3. The number of hydrogen-bond donors (Lipinski definition) is 0. The fourth-order valence-corrected chi connectivity index (χ4v) is 3.62. The summed E-state index contributed by atoms with van der Waals surface area (Å²) in [4.78, 5) is 15.7. The summed E-state index contributed by atoms with van der Waals surface area (Å²) >= 11 is 0. The molecule has 0 amide bonds. The Hall–Kier alpha value is -2.06. The second-order valence-corrected chi connectivity index (χ2v) is 8.46. The van der Waals surface area contributed by atoms with E-state index < -0.39 is 10.0 Å². The minimum absolute atomic E-state index is 0.0620. The van der Waals surface area contributed by atoms with Crippen molar-refractivity contribution in [3.8, 4) is 11.3 Å². The molecular formula is C17H23N5O2S. The average molecular weight is 361 g/mol. The van der Waals surface area contributed by atoms with E-state index in [1.54, 1.807) is 26.4 Å². The number of aromatic nitrogens is 3. The maximum atomic E-state index is 12.1. The Kier molecular flexibility index (Phi) is 5.29. The van der Waals surface area contributed by atoms with Crippen molar-refractivity contribution < 1.29 is 8.42 Å². The van der Waals surface area contributed by atoms with Gasteiger partial charge in [-0.3, -0.25) is 4.98 Å². The first-order valence-corrected chi connectivity index (χ1v) is 10.1. The molecule has 0 unspecified atom stereocenters. The van der Waals surface area contributed by atoms with Crippen LogP contribution in [0.4, 0.5) is 5.95 Å². The normalized spacial score (nSPS) is 15.1. The van der Waals surface area contributed by atoms with Gasteiger partial charge in [0.1, 0.15) is 0 Å². The van der Waals surface area contributed by atoms with Gasteiger partial charge in [-0.05, 0) is 31.9 Å². The fraction of sp³-hybridized carbons (Fsp3) is 0.471. The summed E-state index contributed by atoms with van der Waals surface area (Å²) in [7, 11) is -1.71. The predicted octanol–water partition coefficient (Wildman–Crippen LogP) is 1.92. The highest BCUT2D eigenvalue weighted by Gasteiger charge is 2.21. The second-order valence-electron chi connectivity index (χ2n) is 6.10. The van der Waals surface area contributed by atoms with E-state index in [0.29, 0.717) is 11.6 Å². The molecule has 0 N–H and O–H groups in total. The van der Waals surface area contributed by atoms with Crippen molar-refractivity contribution in [3.05, 3.63) is 36.3 Å². The molecular weight excluding hydrogens is 338 g/mol. The molecule has 3 rings (SSSR count). The Morgan fingerprint density at radius 1 is 1.20 bits per heavy atom. The molecule has 1 aliphatic rings. The molecule has 0 aromatic carbocycles. The van der Waals surface area contributed by atoms with E-state index in [-0.39, 0.29) is 12.3 Å². The van der Waals surface area contributed by atoms with Crippen molar-refractivity contribution in [1.82, 2.24) is 19.3 Å². The Labute approximate surface area is 148 Å². The zero-order chi connectivity index (χ0) is 17.9. The molecule has 2 aromatic heterocycles. The minimum atomic E-state index is -3.29. The van der Waals surface area contributed by atoms with Crippen molar-refractivity contribution in [3.63, 3.8) is 0 Å². The molecule has 1 fully saturated rings. The second kappa shape index (κ2) is 7.45. The molecule has 7 nitrogen and oxygen atoms in total. The van der Waals surface area contributed by atoms with Gasteiger partial charge in [0.05, 0.1) is 23.7 Å². The smallest absolute Gasteiger partial charge is 0.225 e. The van der Waals surface area contributed by atoms with Crippen molar-refractivity contribution in [2.45, 2.75) is 26.3 Å². The lowest BCUT2D eigenvalue weighted by Crippen LogP contribution is -2.29. The molecule has 8 heteroatoms. The van der Waals surface area contributed by atoms with Crippen LogP contribution in [0.2, 0.25) is 0 Å². The highest BCUT2D eigenvalue weighted by Crippen LogP contribution is 2.24. The van der Waals surface area contributed by atoms with Crippen molar-refractivity contribution in [2.24, 2.45) is 0 Å². The molecule has 0 bridgehead atoms. The number of rotatable bonds is 6. The molecule has 0 aliphatic carbocycles. The first kappa shape index (κ1) is 17.8. The molecule has 1 saturated heterocycles.